The van der Waals surface area contributed by atoms with Crippen molar-refractivity contribution < 1.29 is 18.7 Å². The van der Waals surface area contributed by atoms with E-state index in [1.54, 1.807) is 76.4 Å². The maximum absolute atomic E-state index is 13.3. The van der Waals surface area contributed by atoms with Crippen molar-refractivity contribution in [3.05, 3.63) is 103 Å². The van der Waals surface area contributed by atoms with Crippen molar-refractivity contribution in [3.63, 3.8) is 0 Å². The highest BCUT2D eigenvalue weighted by atomic mass is 35.5. The lowest BCUT2D eigenvalue weighted by Gasteiger charge is -2.20. The number of alkyl carbamates (subject to hydrolysis) is 1. The second-order valence-electron chi connectivity index (χ2n) is 10.7. The largest absolute Gasteiger partial charge is 0.444 e. The molecule has 0 atom stereocenters. The summed E-state index contributed by atoms with van der Waals surface area (Å²) in [6, 6.07) is 14.1. The zero-order valence-electron chi connectivity index (χ0n) is 23.5. The first-order chi connectivity index (χ1) is 19.4. The number of nitrogens with zero attached hydrogens (tertiary/aromatic N) is 2. The molecular weight excluding hydrogens is 548 g/mol. The number of ether oxygens (including phenoxy) is 1. The SMILES string of the molecule is Cc1ccn(CCn2c(=O)oc3ccccc32)c(=O)c1CC(=O)NCc1cc(Cl)ccc1CNC(=O)OC(C)(C)C. The van der Waals surface area contributed by atoms with Gasteiger partial charge in [-0.2, -0.15) is 0 Å². The van der Waals surface area contributed by atoms with E-state index in [0.29, 0.717) is 27.2 Å². The molecule has 2 aromatic carbocycles. The van der Waals surface area contributed by atoms with Gasteiger partial charge in [0.2, 0.25) is 5.91 Å². The Kier molecular flexibility index (Phi) is 9.02. The van der Waals surface area contributed by atoms with Gasteiger partial charge in [-0.1, -0.05) is 29.8 Å². The first kappa shape index (κ1) is 29.7. The van der Waals surface area contributed by atoms with Crippen molar-refractivity contribution in [3.8, 4) is 0 Å². The normalized spacial score (nSPS) is 11.4. The molecule has 0 unspecified atom stereocenters. The third-order valence-corrected chi connectivity index (χ3v) is 6.68. The van der Waals surface area contributed by atoms with Crippen LogP contribution in [0, 0.1) is 6.92 Å². The van der Waals surface area contributed by atoms with E-state index in [-0.39, 0.29) is 44.1 Å². The molecule has 0 saturated carbocycles. The summed E-state index contributed by atoms with van der Waals surface area (Å²) in [7, 11) is 0. The van der Waals surface area contributed by atoms with Crippen LogP contribution in [0.1, 0.15) is 43.0 Å². The highest BCUT2D eigenvalue weighted by Gasteiger charge is 2.17. The predicted molar refractivity (Wildman–Crippen MR) is 156 cm³/mol. The molecule has 0 aliphatic carbocycles. The molecule has 41 heavy (non-hydrogen) atoms. The molecule has 4 rings (SSSR count). The number of rotatable bonds is 9. The molecule has 0 saturated heterocycles. The topological polar surface area (TPSA) is 125 Å². The molecule has 216 valence electrons. The Hall–Kier alpha value is -4.31. The van der Waals surface area contributed by atoms with Crippen LogP contribution >= 0.6 is 11.6 Å². The van der Waals surface area contributed by atoms with Crippen molar-refractivity contribution in [2.75, 3.05) is 0 Å². The lowest BCUT2D eigenvalue weighted by molar-refractivity contribution is -0.120. The molecule has 0 aliphatic heterocycles. The van der Waals surface area contributed by atoms with E-state index in [1.165, 1.54) is 9.13 Å². The number of para-hydroxylation sites is 2. The fourth-order valence-corrected chi connectivity index (χ4v) is 4.56. The van der Waals surface area contributed by atoms with Gasteiger partial charge < -0.3 is 24.4 Å². The number of benzene rings is 2. The fourth-order valence-electron chi connectivity index (χ4n) is 4.37. The number of hydrogen-bond donors (Lipinski definition) is 2. The van der Waals surface area contributed by atoms with Crippen LogP contribution in [0.5, 0.6) is 0 Å². The van der Waals surface area contributed by atoms with Gasteiger partial charge in [-0.3, -0.25) is 14.2 Å². The first-order valence-electron chi connectivity index (χ1n) is 13.2. The van der Waals surface area contributed by atoms with E-state index in [4.69, 9.17) is 20.8 Å². The molecular formula is C30H33ClN4O6. The van der Waals surface area contributed by atoms with Crippen molar-refractivity contribution in [2.24, 2.45) is 0 Å². The second-order valence-corrected chi connectivity index (χ2v) is 11.1. The molecule has 0 aliphatic rings. The summed E-state index contributed by atoms with van der Waals surface area (Å²) in [5.74, 6) is -0.835. The van der Waals surface area contributed by atoms with Crippen LogP contribution in [-0.2, 0) is 42.1 Å². The minimum Gasteiger partial charge on any atom is -0.444 e. The molecule has 0 radical (unpaired) electrons. The molecule has 0 bridgehead atoms. The van der Waals surface area contributed by atoms with E-state index in [1.807, 2.05) is 6.07 Å². The summed E-state index contributed by atoms with van der Waals surface area (Å²) in [6.07, 6.45) is 0.984. The Morgan fingerprint density at radius 2 is 1.71 bits per heavy atom. The Balaban J connectivity index is 1.41. The Bertz CT molecular complexity index is 1700. The van der Waals surface area contributed by atoms with Gasteiger partial charge >= 0.3 is 11.8 Å². The molecule has 11 heteroatoms. The number of aryl methyl sites for hydroxylation is 3. The number of hydrogen-bond acceptors (Lipinski definition) is 6. The number of carbonyl (C=O) groups is 2. The maximum Gasteiger partial charge on any atom is 0.420 e. The average molecular weight is 581 g/mol. The average Bonchev–Trinajstić information content (AvgIpc) is 3.22. The zero-order chi connectivity index (χ0) is 29.7. The van der Waals surface area contributed by atoms with Crippen molar-refractivity contribution in [2.45, 2.75) is 65.9 Å². The quantitative estimate of drug-likeness (QED) is 0.304. The molecule has 4 aromatic rings. The number of pyridine rings is 1. The summed E-state index contributed by atoms with van der Waals surface area (Å²) in [5.41, 5.74) is 2.76. The van der Waals surface area contributed by atoms with Crippen LogP contribution in [0.15, 0.2) is 68.7 Å². The number of halogens is 1. The van der Waals surface area contributed by atoms with Gasteiger partial charge in [-0.05, 0) is 74.7 Å². The van der Waals surface area contributed by atoms with Crippen LogP contribution in [0.2, 0.25) is 5.02 Å². The third kappa shape index (κ3) is 7.67. The molecule has 2 amide bonds. The summed E-state index contributed by atoms with van der Waals surface area (Å²) in [5, 5.41) is 6.05. The number of oxazole rings is 1. The van der Waals surface area contributed by atoms with Crippen molar-refractivity contribution in [1.29, 1.82) is 0 Å². The summed E-state index contributed by atoms with van der Waals surface area (Å²) >= 11 is 6.18. The Labute approximate surface area is 241 Å². The molecule has 2 heterocycles. The van der Waals surface area contributed by atoms with Crippen LogP contribution < -0.4 is 21.9 Å². The summed E-state index contributed by atoms with van der Waals surface area (Å²) in [6.45, 7) is 7.92. The highest BCUT2D eigenvalue weighted by molar-refractivity contribution is 6.30. The predicted octanol–water partition coefficient (Wildman–Crippen LogP) is 4.30. The first-order valence-corrected chi connectivity index (χ1v) is 13.6. The molecule has 10 nitrogen and oxygen atoms in total. The van der Waals surface area contributed by atoms with E-state index in [9.17, 15) is 19.2 Å². The van der Waals surface area contributed by atoms with Gasteiger partial charge in [-0.15, -0.1) is 0 Å². The number of fused-ring (bicyclic) bond motifs is 1. The molecule has 0 fully saturated rings. The minimum atomic E-state index is -0.625. The summed E-state index contributed by atoms with van der Waals surface area (Å²) in [4.78, 5) is 50.5. The second kappa shape index (κ2) is 12.5. The zero-order valence-corrected chi connectivity index (χ0v) is 24.2. The van der Waals surface area contributed by atoms with Gasteiger partial charge in [0, 0.05) is 43.0 Å². The summed E-state index contributed by atoms with van der Waals surface area (Å²) < 4.78 is 13.5. The van der Waals surface area contributed by atoms with Gasteiger partial charge in [0.25, 0.3) is 5.56 Å². The maximum atomic E-state index is 13.3. The van der Waals surface area contributed by atoms with E-state index in [2.05, 4.69) is 10.6 Å². The van der Waals surface area contributed by atoms with Crippen molar-refractivity contribution >= 4 is 34.7 Å². The Morgan fingerprint density at radius 1 is 0.976 bits per heavy atom. The van der Waals surface area contributed by atoms with E-state index >= 15 is 0 Å². The molecule has 2 N–H and O–H groups in total. The van der Waals surface area contributed by atoms with Crippen LogP contribution in [0.3, 0.4) is 0 Å². The standard InChI is InChI=1S/C30H33ClN4O6/c1-19-11-12-34(13-14-35-24-7-5-6-8-25(24)40-29(35)39)27(37)23(19)16-26(36)32-18-21-15-22(31)10-9-20(21)17-33-28(38)41-30(2,3)4/h5-12,15H,13-14,16-18H2,1-4H3,(H,32,36)(H,33,38). The van der Waals surface area contributed by atoms with Crippen LogP contribution in [-0.4, -0.2) is 26.7 Å². The van der Waals surface area contributed by atoms with Crippen LogP contribution in [0.4, 0.5) is 4.79 Å². The smallest absolute Gasteiger partial charge is 0.420 e. The van der Waals surface area contributed by atoms with Gasteiger partial charge in [0.05, 0.1) is 11.9 Å². The molecule has 2 aromatic heterocycles. The minimum absolute atomic E-state index is 0.119. The highest BCUT2D eigenvalue weighted by Crippen LogP contribution is 2.17. The van der Waals surface area contributed by atoms with Crippen LogP contribution in [0.25, 0.3) is 11.1 Å². The molecule has 0 spiro atoms. The van der Waals surface area contributed by atoms with E-state index in [0.717, 1.165) is 11.1 Å². The number of amides is 2. The fraction of sp³-hybridized carbons (Fsp3) is 0.333. The van der Waals surface area contributed by atoms with Crippen molar-refractivity contribution in [1.82, 2.24) is 19.8 Å². The van der Waals surface area contributed by atoms with Gasteiger partial charge in [0.1, 0.15) is 5.60 Å². The number of aromatic nitrogens is 2. The lowest BCUT2D eigenvalue weighted by atomic mass is 10.1. The van der Waals surface area contributed by atoms with E-state index < -0.39 is 17.5 Å². The number of carbonyl (C=O) groups excluding carboxylic acids is 2. The third-order valence-electron chi connectivity index (χ3n) is 6.44. The number of nitrogens with one attached hydrogen (secondary N) is 2. The Morgan fingerprint density at radius 3 is 2.46 bits per heavy atom. The monoisotopic (exact) mass is 580 g/mol. The van der Waals surface area contributed by atoms with Gasteiger partial charge in [-0.25, -0.2) is 9.59 Å². The van der Waals surface area contributed by atoms with Gasteiger partial charge in [0.15, 0.2) is 5.58 Å². The lowest BCUT2D eigenvalue weighted by Crippen LogP contribution is -2.33.